The summed E-state index contributed by atoms with van der Waals surface area (Å²) in [5.41, 5.74) is 2.97. The maximum absolute atomic E-state index is 6.26. The maximum atomic E-state index is 6.26. The van der Waals surface area contributed by atoms with E-state index in [1.807, 2.05) is 22.8 Å². The molecule has 4 aromatic rings. The highest BCUT2D eigenvalue weighted by Gasteiger charge is 2.08. The second-order valence-corrected chi connectivity index (χ2v) is 6.27. The van der Waals surface area contributed by atoms with E-state index in [-0.39, 0.29) is 0 Å². The van der Waals surface area contributed by atoms with Crippen molar-refractivity contribution in [1.29, 1.82) is 0 Å². The summed E-state index contributed by atoms with van der Waals surface area (Å²) in [5, 5.41) is 1.28. The second kappa shape index (κ2) is 6.74. The van der Waals surface area contributed by atoms with Crippen molar-refractivity contribution >= 4 is 34.4 Å². The molecule has 4 rings (SSSR count). The predicted octanol–water partition coefficient (Wildman–Crippen LogP) is 3.81. The highest BCUT2D eigenvalue weighted by atomic mass is 35.5. The Bertz CT molecular complexity index is 1080. The number of halogens is 2. The molecule has 0 unspecified atom stereocenters. The van der Waals surface area contributed by atoms with Gasteiger partial charge in [-0.15, -0.1) is 0 Å². The molecule has 126 valence electrons. The fraction of sp³-hybridized carbons (Fsp3) is 0.118. The van der Waals surface area contributed by atoms with E-state index in [0.29, 0.717) is 28.6 Å². The Kier molecular flexibility index (Phi) is 4.29. The number of imidazole rings is 1. The molecule has 0 fully saturated rings. The lowest BCUT2D eigenvalue weighted by Crippen LogP contribution is -2.15. The molecule has 25 heavy (non-hydrogen) atoms. The SMILES string of the molecule is Clc1ccc(Cl)c(Cn2cnc(=NCc3ccco3)c3[nH]cnc32)c1. The average molecular weight is 374 g/mol. The van der Waals surface area contributed by atoms with E-state index in [0.717, 1.165) is 22.5 Å². The highest BCUT2D eigenvalue weighted by Crippen LogP contribution is 2.22. The summed E-state index contributed by atoms with van der Waals surface area (Å²) in [5.74, 6) is 0.775. The van der Waals surface area contributed by atoms with Crippen molar-refractivity contribution in [3.63, 3.8) is 0 Å². The second-order valence-electron chi connectivity index (χ2n) is 5.43. The van der Waals surface area contributed by atoms with Crippen LogP contribution in [0.25, 0.3) is 11.2 Å². The summed E-state index contributed by atoms with van der Waals surface area (Å²) in [6.07, 6.45) is 4.94. The monoisotopic (exact) mass is 373 g/mol. The minimum absolute atomic E-state index is 0.415. The van der Waals surface area contributed by atoms with E-state index in [9.17, 15) is 0 Å². The molecular formula is C17H13Cl2N5O. The van der Waals surface area contributed by atoms with Crippen molar-refractivity contribution in [2.45, 2.75) is 13.1 Å². The van der Waals surface area contributed by atoms with E-state index in [2.05, 4.69) is 19.9 Å². The summed E-state index contributed by atoms with van der Waals surface area (Å²) in [4.78, 5) is 16.4. The quantitative estimate of drug-likeness (QED) is 0.591. The molecule has 3 heterocycles. The topological polar surface area (TPSA) is 72.0 Å². The molecule has 0 saturated heterocycles. The maximum Gasteiger partial charge on any atom is 0.177 e. The minimum Gasteiger partial charge on any atom is -0.467 e. The summed E-state index contributed by atoms with van der Waals surface area (Å²) in [6.45, 7) is 0.921. The Balaban J connectivity index is 1.72. The number of benzene rings is 1. The minimum atomic E-state index is 0.415. The standard InChI is InChI=1S/C17H13Cl2N5O/c18-12-3-4-14(19)11(6-12)8-24-10-23-16(15-17(24)22-9-21-15)20-7-13-2-1-5-25-13/h1-6,9-10H,7-8H2,(H,21,22). The van der Waals surface area contributed by atoms with Gasteiger partial charge in [0.1, 0.15) is 11.3 Å². The van der Waals surface area contributed by atoms with Gasteiger partial charge in [-0.3, -0.25) is 4.99 Å². The molecule has 0 amide bonds. The van der Waals surface area contributed by atoms with Crippen LogP contribution in [0.2, 0.25) is 10.0 Å². The third-order valence-electron chi connectivity index (χ3n) is 3.75. The number of aromatic nitrogens is 4. The summed E-state index contributed by atoms with van der Waals surface area (Å²) >= 11 is 12.3. The predicted molar refractivity (Wildman–Crippen MR) is 95.4 cm³/mol. The van der Waals surface area contributed by atoms with Crippen LogP contribution >= 0.6 is 23.2 Å². The van der Waals surface area contributed by atoms with Crippen LogP contribution in [0.5, 0.6) is 0 Å². The van der Waals surface area contributed by atoms with Crippen molar-refractivity contribution < 1.29 is 4.42 Å². The molecular weight excluding hydrogens is 361 g/mol. The smallest absolute Gasteiger partial charge is 0.177 e. The molecule has 0 radical (unpaired) electrons. The van der Waals surface area contributed by atoms with Crippen LogP contribution in [0.4, 0.5) is 0 Å². The summed E-state index contributed by atoms with van der Waals surface area (Å²) in [7, 11) is 0. The summed E-state index contributed by atoms with van der Waals surface area (Å²) in [6, 6.07) is 9.08. The number of nitrogens with one attached hydrogen (secondary N) is 1. The van der Waals surface area contributed by atoms with Crippen molar-refractivity contribution in [2.24, 2.45) is 4.99 Å². The third-order valence-corrected chi connectivity index (χ3v) is 4.35. The number of rotatable bonds is 4. The Morgan fingerprint density at radius 2 is 2.12 bits per heavy atom. The fourth-order valence-corrected chi connectivity index (χ4v) is 2.92. The molecule has 1 N–H and O–H groups in total. The summed E-state index contributed by atoms with van der Waals surface area (Å²) < 4.78 is 7.19. The lowest BCUT2D eigenvalue weighted by molar-refractivity contribution is 0.510. The van der Waals surface area contributed by atoms with Gasteiger partial charge in [0, 0.05) is 10.0 Å². The van der Waals surface area contributed by atoms with Gasteiger partial charge in [-0.1, -0.05) is 23.2 Å². The number of aromatic amines is 1. The Labute approximate surface area is 152 Å². The van der Waals surface area contributed by atoms with Crippen molar-refractivity contribution in [2.75, 3.05) is 0 Å². The van der Waals surface area contributed by atoms with E-state index in [4.69, 9.17) is 27.6 Å². The van der Waals surface area contributed by atoms with Crippen molar-refractivity contribution in [3.8, 4) is 0 Å². The van der Waals surface area contributed by atoms with Gasteiger partial charge < -0.3 is 14.0 Å². The van der Waals surface area contributed by atoms with Crippen LogP contribution < -0.4 is 5.49 Å². The molecule has 3 aromatic heterocycles. The van der Waals surface area contributed by atoms with Crippen LogP contribution in [-0.4, -0.2) is 19.5 Å². The first-order valence-electron chi connectivity index (χ1n) is 7.56. The molecule has 6 nitrogen and oxygen atoms in total. The Morgan fingerprint density at radius 1 is 1.20 bits per heavy atom. The van der Waals surface area contributed by atoms with E-state index < -0.39 is 0 Å². The zero-order chi connectivity index (χ0) is 17.2. The van der Waals surface area contributed by atoms with Gasteiger partial charge in [-0.05, 0) is 35.9 Å². The van der Waals surface area contributed by atoms with Crippen LogP contribution in [0.15, 0.2) is 58.7 Å². The van der Waals surface area contributed by atoms with Crippen molar-refractivity contribution in [1.82, 2.24) is 19.5 Å². The van der Waals surface area contributed by atoms with Crippen LogP contribution in [0, 0.1) is 0 Å². The lowest BCUT2D eigenvalue weighted by atomic mass is 10.2. The number of nitrogens with zero attached hydrogens (tertiary/aromatic N) is 4. The van der Waals surface area contributed by atoms with Crippen molar-refractivity contribution in [3.05, 3.63) is 76.1 Å². The van der Waals surface area contributed by atoms with Gasteiger partial charge >= 0.3 is 0 Å². The first-order chi connectivity index (χ1) is 12.2. The van der Waals surface area contributed by atoms with E-state index in [1.54, 1.807) is 31.1 Å². The van der Waals surface area contributed by atoms with Crippen LogP contribution in [0.3, 0.4) is 0 Å². The lowest BCUT2D eigenvalue weighted by Gasteiger charge is -2.09. The molecule has 0 aliphatic heterocycles. The normalized spacial score (nSPS) is 12.2. The zero-order valence-electron chi connectivity index (χ0n) is 13.0. The molecule has 0 saturated carbocycles. The van der Waals surface area contributed by atoms with Gasteiger partial charge in [0.15, 0.2) is 11.1 Å². The number of furan rings is 1. The van der Waals surface area contributed by atoms with Gasteiger partial charge in [-0.2, -0.15) is 0 Å². The first kappa shape index (κ1) is 15.9. The molecule has 0 spiro atoms. The van der Waals surface area contributed by atoms with Gasteiger partial charge in [0.05, 0.1) is 32.0 Å². The highest BCUT2D eigenvalue weighted by molar-refractivity contribution is 6.33. The Morgan fingerprint density at radius 3 is 2.96 bits per heavy atom. The largest absolute Gasteiger partial charge is 0.467 e. The molecule has 0 atom stereocenters. The molecule has 0 bridgehead atoms. The third kappa shape index (κ3) is 3.31. The van der Waals surface area contributed by atoms with Crippen LogP contribution in [0.1, 0.15) is 11.3 Å². The molecule has 0 aliphatic carbocycles. The molecule has 1 aromatic carbocycles. The molecule has 0 aliphatic rings. The zero-order valence-corrected chi connectivity index (χ0v) is 14.5. The van der Waals surface area contributed by atoms with Gasteiger partial charge in [0.25, 0.3) is 0 Å². The number of hydrogen-bond acceptors (Lipinski definition) is 4. The average Bonchev–Trinajstić information content (AvgIpc) is 3.29. The fourth-order valence-electron chi connectivity index (χ4n) is 2.55. The Hall–Kier alpha value is -2.57. The van der Waals surface area contributed by atoms with Crippen LogP contribution in [-0.2, 0) is 13.1 Å². The first-order valence-corrected chi connectivity index (χ1v) is 8.31. The van der Waals surface area contributed by atoms with E-state index in [1.165, 1.54) is 0 Å². The van der Waals surface area contributed by atoms with Gasteiger partial charge in [0.2, 0.25) is 0 Å². The number of fused-ring (bicyclic) bond motifs is 1. The molecule has 8 heteroatoms. The number of H-pyrrole nitrogens is 1. The number of hydrogen-bond donors (Lipinski definition) is 1. The van der Waals surface area contributed by atoms with Gasteiger partial charge in [-0.25, -0.2) is 9.97 Å². The van der Waals surface area contributed by atoms with E-state index >= 15 is 0 Å².